The number of aliphatic carboxylic acids is 1. The van der Waals surface area contributed by atoms with E-state index in [1.165, 1.54) is 30.5 Å². The van der Waals surface area contributed by atoms with Crippen molar-refractivity contribution in [2.24, 2.45) is 0 Å². The van der Waals surface area contributed by atoms with Crippen molar-refractivity contribution in [1.82, 2.24) is 10.3 Å². The maximum absolute atomic E-state index is 14.1. The minimum atomic E-state index is -1.06. The summed E-state index contributed by atoms with van der Waals surface area (Å²) in [6.07, 6.45) is 1.02. The van der Waals surface area contributed by atoms with E-state index in [2.05, 4.69) is 10.3 Å². The average molecular weight is 396 g/mol. The number of aromatic nitrogens is 1. The van der Waals surface area contributed by atoms with Gasteiger partial charge in [-0.25, -0.2) is 8.78 Å². The molecule has 0 bridgehead atoms. The third kappa shape index (κ3) is 4.63. The van der Waals surface area contributed by atoms with Crippen molar-refractivity contribution in [3.63, 3.8) is 0 Å². The van der Waals surface area contributed by atoms with Crippen LogP contribution in [0.15, 0.2) is 60.8 Å². The summed E-state index contributed by atoms with van der Waals surface area (Å²) < 4.78 is 27.6. The number of pyridine rings is 1. The van der Waals surface area contributed by atoms with Gasteiger partial charge in [0.05, 0.1) is 18.2 Å². The Bertz CT molecular complexity index is 1070. The van der Waals surface area contributed by atoms with Gasteiger partial charge in [-0.2, -0.15) is 0 Å². The Kier molecular flexibility index (Phi) is 5.97. The molecule has 3 rings (SSSR count). The highest BCUT2D eigenvalue weighted by atomic mass is 19.2. The molecular weight excluding hydrogens is 378 g/mol. The number of hydrogen-bond donors (Lipinski definition) is 2. The van der Waals surface area contributed by atoms with Crippen LogP contribution in [0.5, 0.6) is 0 Å². The largest absolute Gasteiger partial charge is 0.481 e. The van der Waals surface area contributed by atoms with Crippen LogP contribution in [0, 0.1) is 18.6 Å². The first-order valence-corrected chi connectivity index (χ1v) is 8.85. The molecule has 0 aliphatic heterocycles. The molecule has 3 aromatic rings. The normalized spacial score (nSPS) is 11.7. The van der Waals surface area contributed by atoms with Crippen LogP contribution in [0.3, 0.4) is 0 Å². The molecule has 5 nitrogen and oxygen atoms in total. The van der Waals surface area contributed by atoms with E-state index in [1.807, 2.05) is 19.1 Å². The summed E-state index contributed by atoms with van der Waals surface area (Å²) in [6.45, 7) is 1.83. The van der Waals surface area contributed by atoms with E-state index >= 15 is 0 Å². The van der Waals surface area contributed by atoms with E-state index in [-0.39, 0.29) is 23.2 Å². The van der Waals surface area contributed by atoms with E-state index in [4.69, 9.17) is 0 Å². The Labute approximate surface area is 166 Å². The molecule has 0 saturated heterocycles. The smallest absolute Gasteiger partial charge is 0.305 e. The summed E-state index contributed by atoms with van der Waals surface area (Å²) in [5.41, 5.74) is 1.72. The second kappa shape index (κ2) is 8.60. The number of nitrogens with zero attached hydrogens (tertiary/aromatic N) is 1. The predicted molar refractivity (Wildman–Crippen MR) is 103 cm³/mol. The Balaban J connectivity index is 1.90. The summed E-state index contributed by atoms with van der Waals surface area (Å²) in [7, 11) is 0. The lowest BCUT2D eigenvalue weighted by molar-refractivity contribution is -0.137. The molecule has 1 aromatic heterocycles. The van der Waals surface area contributed by atoms with Crippen LogP contribution in [0.1, 0.15) is 33.9 Å². The molecule has 0 unspecified atom stereocenters. The van der Waals surface area contributed by atoms with Crippen molar-refractivity contribution in [2.75, 3.05) is 0 Å². The van der Waals surface area contributed by atoms with E-state index in [0.29, 0.717) is 5.56 Å². The van der Waals surface area contributed by atoms with E-state index in [0.717, 1.165) is 11.6 Å². The number of carboxylic acids is 1. The molecule has 2 N–H and O–H groups in total. The first kappa shape index (κ1) is 20.1. The number of carbonyl (C=O) groups excluding carboxylic acids is 1. The molecule has 29 heavy (non-hydrogen) atoms. The van der Waals surface area contributed by atoms with Crippen LogP contribution >= 0.6 is 0 Å². The molecule has 0 aliphatic rings. The quantitative estimate of drug-likeness (QED) is 0.652. The molecular formula is C22H18F2N2O3. The fraction of sp³-hybridized carbons (Fsp3) is 0.136. The average Bonchev–Trinajstić information content (AvgIpc) is 2.69. The zero-order valence-corrected chi connectivity index (χ0v) is 15.5. The number of amides is 1. The third-order valence-electron chi connectivity index (χ3n) is 4.50. The minimum Gasteiger partial charge on any atom is -0.481 e. The number of rotatable bonds is 6. The minimum absolute atomic E-state index is 0.0689. The molecule has 148 valence electrons. The summed E-state index contributed by atoms with van der Waals surface area (Å²) in [5.74, 6) is -3.67. The molecule has 2 aromatic carbocycles. The Hall–Kier alpha value is -3.61. The Morgan fingerprint density at radius 1 is 1.10 bits per heavy atom. The fourth-order valence-electron chi connectivity index (χ4n) is 3.05. The zero-order valence-electron chi connectivity index (χ0n) is 15.5. The summed E-state index contributed by atoms with van der Waals surface area (Å²) in [5, 5.41) is 11.9. The molecule has 0 spiro atoms. The molecule has 1 heterocycles. The Morgan fingerprint density at radius 2 is 1.86 bits per heavy atom. The lowest BCUT2D eigenvalue weighted by Crippen LogP contribution is -2.30. The fourth-order valence-corrected chi connectivity index (χ4v) is 3.05. The van der Waals surface area contributed by atoms with Gasteiger partial charge in [0.25, 0.3) is 5.91 Å². The van der Waals surface area contributed by atoms with Gasteiger partial charge in [0.1, 0.15) is 0 Å². The highest BCUT2D eigenvalue weighted by Crippen LogP contribution is 2.24. The Morgan fingerprint density at radius 3 is 2.59 bits per heavy atom. The first-order chi connectivity index (χ1) is 13.9. The molecule has 7 heteroatoms. The zero-order chi connectivity index (χ0) is 21.0. The number of halogens is 2. The van der Waals surface area contributed by atoms with Crippen molar-refractivity contribution in [2.45, 2.75) is 19.4 Å². The van der Waals surface area contributed by atoms with Gasteiger partial charge in [-0.3, -0.25) is 14.6 Å². The highest BCUT2D eigenvalue weighted by Gasteiger charge is 2.21. The second-order valence-electron chi connectivity index (χ2n) is 6.51. The van der Waals surface area contributed by atoms with Gasteiger partial charge in [-0.1, -0.05) is 30.3 Å². The topological polar surface area (TPSA) is 79.3 Å². The van der Waals surface area contributed by atoms with Crippen molar-refractivity contribution in [1.29, 1.82) is 0 Å². The van der Waals surface area contributed by atoms with Crippen molar-refractivity contribution in [3.05, 3.63) is 89.1 Å². The van der Waals surface area contributed by atoms with E-state index in [1.54, 1.807) is 12.1 Å². The lowest BCUT2D eigenvalue weighted by atomic mass is 9.98. The predicted octanol–water partition coefficient (Wildman–Crippen LogP) is 4.28. The number of aryl methyl sites for hydroxylation is 1. The molecule has 0 aliphatic carbocycles. The van der Waals surface area contributed by atoms with Gasteiger partial charge in [0.2, 0.25) is 0 Å². The number of benzene rings is 2. The van der Waals surface area contributed by atoms with Crippen LogP contribution in [-0.2, 0) is 4.79 Å². The molecule has 0 radical (unpaired) electrons. The van der Waals surface area contributed by atoms with Crippen LogP contribution in [0.25, 0.3) is 11.3 Å². The van der Waals surface area contributed by atoms with Gasteiger partial charge in [0, 0.05) is 17.3 Å². The maximum Gasteiger partial charge on any atom is 0.305 e. The van der Waals surface area contributed by atoms with Crippen molar-refractivity contribution >= 4 is 11.9 Å². The molecule has 1 amide bonds. The van der Waals surface area contributed by atoms with Crippen LogP contribution in [0.4, 0.5) is 8.78 Å². The van der Waals surface area contributed by atoms with Crippen molar-refractivity contribution in [3.8, 4) is 11.3 Å². The third-order valence-corrected chi connectivity index (χ3v) is 4.50. The summed E-state index contributed by atoms with van der Waals surface area (Å²) in [4.78, 5) is 28.1. The molecule has 0 fully saturated rings. The SMILES string of the molecule is Cc1ccccc1[C@H](CC(=O)O)NC(=O)c1ccnc(-c2cccc(F)c2F)c1. The number of carbonyl (C=O) groups is 2. The van der Waals surface area contributed by atoms with E-state index < -0.39 is 29.6 Å². The van der Waals surface area contributed by atoms with Gasteiger partial charge >= 0.3 is 5.97 Å². The maximum atomic E-state index is 14.1. The number of hydrogen-bond acceptors (Lipinski definition) is 3. The summed E-state index contributed by atoms with van der Waals surface area (Å²) in [6, 6.07) is 12.9. The van der Waals surface area contributed by atoms with Gasteiger partial charge in [-0.05, 0) is 42.3 Å². The molecule has 0 saturated carbocycles. The van der Waals surface area contributed by atoms with Crippen LogP contribution in [0.2, 0.25) is 0 Å². The van der Waals surface area contributed by atoms with Gasteiger partial charge in [-0.15, -0.1) is 0 Å². The first-order valence-electron chi connectivity index (χ1n) is 8.85. The highest BCUT2D eigenvalue weighted by molar-refractivity contribution is 5.95. The van der Waals surface area contributed by atoms with Crippen LogP contribution < -0.4 is 5.32 Å². The van der Waals surface area contributed by atoms with Crippen molar-refractivity contribution < 1.29 is 23.5 Å². The second-order valence-corrected chi connectivity index (χ2v) is 6.51. The van der Waals surface area contributed by atoms with Gasteiger partial charge < -0.3 is 10.4 Å². The number of nitrogens with one attached hydrogen (secondary N) is 1. The summed E-state index contributed by atoms with van der Waals surface area (Å²) >= 11 is 0. The number of carboxylic acid groups (broad SMARTS) is 1. The monoisotopic (exact) mass is 396 g/mol. The van der Waals surface area contributed by atoms with Crippen LogP contribution in [-0.4, -0.2) is 22.0 Å². The van der Waals surface area contributed by atoms with E-state index in [9.17, 15) is 23.5 Å². The molecule has 1 atom stereocenters. The standard InChI is InChI=1S/C22H18F2N2O3/c1-13-5-2-3-6-15(13)19(12-20(27)28)26-22(29)14-9-10-25-18(11-14)16-7-4-8-17(23)21(16)24/h2-11,19H,12H2,1H3,(H,26,29)(H,27,28)/t19-/m0/s1. The van der Waals surface area contributed by atoms with Gasteiger partial charge in [0.15, 0.2) is 11.6 Å². The lowest BCUT2D eigenvalue weighted by Gasteiger charge is -2.19.